The minimum atomic E-state index is -0.572. The first kappa shape index (κ1) is 20.9. The molecule has 0 aliphatic rings. The van der Waals surface area contributed by atoms with Crippen molar-refractivity contribution in [3.63, 3.8) is 0 Å². The monoisotopic (exact) mass is 427 g/mol. The quantitative estimate of drug-likeness (QED) is 0.513. The van der Waals surface area contributed by atoms with Gasteiger partial charge in [-0.15, -0.1) is 11.8 Å². The first-order chi connectivity index (χ1) is 14.2. The van der Waals surface area contributed by atoms with Gasteiger partial charge in [0.05, 0.1) is 12.4 Å². The molecule has 2 aromatic carbocycles. The van der Waals surface area contributed by atoms with Gasteiger partial charge in [-0.3, -0.25) is 10.1 Å². The van der Waals surface area contributed by atoms with Crippen LogP contribution in [0.4, 0.5) is 14.9 Å². The molecule has 8 heteroatoms. The Morgan fingerprint density at radius 2 is 1.72 bits per heavy atom. The zero-order valence-electron chi connectivity index (χ0n) is 15.9. The third-order valence-electron chi connectivity index (χ3n) is 3.76. The zero-order valence-corrected chi connectivity index (χ0v) is 17.5. The number of hydrogen-bond acceptors (Lipinski definition) is 6. The van der Waals surface area contributed by atoms with E-state index in [2.05, 4.69) is 15.6 Å². The maximum absolute atomic E-state index is 12.5. The lowest BCUT2D eigenvalue weighted by Gasteiger charge is -2.05. The van der Waals surface area contributed by atoms with E-state index in [4.69, 9.17) is 4.74 Å². The van der Waals surface area contributed by atoms with Gasteiger partial charge in [-0.25, -0.2) is 9.78 Å². The molecular weight excluding hydrogens is 406 g/mol. The Labute approximate surface area is 177 Å². The Morgan fingerprint density at radius 3 is 2.41 bits per heavy atom. The van der Waals surface area contributed by atoms with Gasteiger partial charge in [-0.05, 0) is 12.5 Å². The summed E-state index contributed by atoms with van der Waals surface area (Å²) in [6, 6.07) is 19.5. The molecule has 0 spiro atoms. The van der Waals surface area contributed by atoms with Crippen LogP contribution in [0.1, 0.15) is 12.5 Å². The molecule has 0 bridgehead atoms. The minimum Gasteiger partial charge on any atom is -0.450 e. The van der Waals surface area contributed by atoms with Gasteiger partial charge in [-0.2, -0.15) is 0 Å². The summed E-state index contributed by atoms with van der Waals surface area (Å²) in [6.07, 6.45) is -0.572. The lowest BCUT2D eigenvalue weighted by molar-refractivity contribution is -0.113. The topological polar surface area (TPSA) is 80.3 Å². The molecule has 0 atom stereocenters. The van der Waals surface area contributed by atoms with Crippen LogP contribution in [-0.2, 0) is 15.3 Å². The fraction of sp³-hybridized carbons (Fsp3) is 0.190. The van der Waals surface area contributed by atoms with Gasteiger partial charge in [0, 0.05) is 11.3 Å². The molecule has 6 nitrogen and oxygen atoms in total. The standard InChI is InChI=1S/C21H21N3O3S2/c1-2-27-21(26)24-20-23-18(16-11-7-4-8-12-16)19(29-20)22-17(25)14-28-13-15-9-5-3-6-10-15/h3-12H,2,13-14H2,1H3,(H,22,25)(H,23,24,26). The average molecular weight is 428 g/mol. The molecule has 150 valence electrons. The van der Waals surface area contributed by atoms with Crippen LogP contribution in [0.15, 0.2) is 60.7 Å². The van der Waals surface area contributed by atoms with E-state index in [1.807, 2.05) is 60.7 Å². The number of carbonyl (C=O) groups excluding carboxylic acids is 2. The van der Waals surface area contributed by atoms with E-state index in [1.54, 1.807) is 18.7 Å². The number of ether oxygens (including phenoxy) is 1. The number of nitrogens with one attached hydrogen (secondary N) is 2. The lowest BCUT2D eigenvalue weighted by Crippen LogP contribution is -2.14. The normalized spacial score (nSPS) is 10.4. The van der Waals surface area contributed by atoms with E-state index in [0.29, 0.717) is 21.6 Å². The Bertz CT molecular complexity index is 946. The molecule has 0 saturated carbocycles. The van der Waals surface area contributed by atoms with E-state index < -0.39 is 6.09 Å². The number of aromatic nitrogens is 1. The van der Waals surface area contributed by atoms with Crippen LogP contribution < -0.4 is 10.6 Å². The van der Waals surface area contributed by atoms with Crippen molar-refractivity contribution in [2.75, 3.05) is 23.0 Å². The molecule has 3 rings (SSSR count). The van der Waals surface area contributed by atoms with E-state index in [-0.39, 0.29) is 12.5 Å². The zero-order chi connectivity index (χ0) is 20.5. The highest BCUT2D eigenvalue weighted by Crippen LogP contribution is 2.36. The fourth-order valence-corrected chi connectivity index (χ4v) is 4.18. The Morgan fingerprint density at radius 1 is 1.03 bits per heavy atom. The van der Waals surface area contributed by atoms with E-state index in [1.165, 1.54) is 16.9 Å². The van der Waals surface area contributed by atoms with Crippen molar-refractivity contribution in [3.8, 4) is 11.3 Å². The van der Waals surface area contributed by atoms with Gasteiger partial charge in [0.1, 0.15) is 10.7 Å². The number of hydrogen-bond donors (Lipinski definition) is 2. The Balaban J connectivity index is 1.68. The third kappa shape index (κ3) is 6.33. The van der Waals surface area contributed by atoms with Crippen LogP contribution in [0.5, 0.6) is 0 Å². The summed E-state index contributed by atoms with van der Waals surface area (Å²) >= 11 is 2.74. The van der Waals surface area contributed by atoms with Gasteiger partial charge in [0.2, 0.25) is 5.91 Å². The minimum absolute atomic E-state index is 0.116. The van der Waals surface area contributed by atoms with Crippen molar-refractivity contribution in [3.05, 3.63) is 66.2 Å². The second-order valence-corrected chi connectivity index (χ2v) is 7.92. The number of amides is 2. The molecule has 1 aromatic heterocycles. The number of carbonyl (C=O) groups is 2. The Kier molecular flexibility index (Phi) is 7.66. The predicted molar refractivity (Wildman–Crippen MR) is 119 cm³/mol. The van der Waals surface area contributed by atoms with Gasteiger partial charge in [0.25, 0.3) is 0 Å². The smallest absolute Gasteiger partial charge is 0.413 e. The van der Waals surface area contributed by atoms with Crippen molar-refractivity contribution in [1.82, 2.24) is 4.98 Å². The van der Waals surface area contributed by atoms with Crippen molar-refractivity contribution >= 4 is 45.2 Å². The summed E-state index contributed by atoms with van der Waals surface area (Å²) in [4.78, 5) is 28.6. The van der Waals surface area contributed by atoms with E-state index in [9.17, 15) is 9.59 Å². The van der Waals surface area contributed by atoms with E-state index in [0.717, 1.165) is 11.3 Å². The first-order valence-electron chi connectivity index (χ1n) is 9.07. The lowest BCUT2D eigenvalue weighted by atomic mass is 10.2. The maximum atomic E-state index is 12.5. The number of benzene rings is 2. The molecule has 29 heavy (non-hydrogen) atoms. The highest BCUT2D eigenvalue weighted by atomic mass is 32.2. The molecule has 0 aliphatic heterocycles. The summed E-state index contributed by atoms with van der Waals surface area (Å²) in [5.41, 5.74) is 2.64. The van der Waals surface area contributed by atoms with Crippen molar-refractivity contribution in [2.45, 2.75) is 12.7 Å². The van der Waals surface area contributed by atoms with Gasteiger partial charge < -0.3 is 10.1 Å². The highest BCUT2D eigenvalue weighted by molar-refractivity contribution is 7.99. The Hall–Kier alpha value is -2.84. The molecule has 0 radical (unpaired) electrons. The molecule has 0 fully saturated rings. The number of nitrogens with zero attached hydrogens (tertiary/aromatic N) is 1. The molecule has 2 N–H and O–H groups in total. The molecular formula is C21H21N3O3S2. The molecule has 0 saturated heterocycles. The summed E-state index contributed by atoms with van der Waals surface area (Å²) < 4.78 is 4.90. The van der Waals surface area contributed by atoms with Gasteiger partial charge in [0.15, 0.2) is 5.13 Å². The SMILES string of the molecule is CCOC(=O)Nc1nc(-c2ccccc2)c(NC(=O)CSCc2ccccc2)s1. The van der Waals surface area contributed by atoms with Gasteiger partial charge >= 0.3 is 6.09 Å². The van der Waals surface area contributed by atoms with E-state index >= 15 is 0 Å². The largest absolute Gasteiger partial charge is 0.450 e. The summed E-state index contributed by atoms with van der Waals surface area (Å²) in [5, 5.41) is 6.49. The average Bonchev–Trinajstić information content (AvgIpc) is 3.11. The van der Waals surface area contributed by atoms with Crippen LogP contribution in [0.3, 0.4) is 0 Å². The maximum Gasteiger partial charge on any atom is 0.413 e. The number of thiazole rings is 1. The molecule has 3 aromatic rings. The number of thioether (sulfide) groups is 1. The molecule has 0 aliphatic carbocycles. The van der Waals surface area contributed by atoms with Crippen LogP contribution in [0, 0.1) is 0 Å². The van der Waals surface area contributed by atoms with Crippen LogP contribution in [0.25, 0.3) is 11.3 Å². The molecule has 2 amide bonds. The van der Waals surface area contributed by atoms with Gasteiger partial charge in [-0.1, -0.05) is 72.0 Å². The second-order valence-electron chi connectivity index (χ2n) is 5.93. The summed E-state index contributed by atoms with van der Waals surface area (Å²) in [7, 11) is 0. The van der Waals surface area contributed by atoms with Crippen molar-refractivity contribution in [2.24, 2.45) is 0 Å². The molecule has 0 unspecified atom stereocenters. The third-order valence-corrected chi connectivity index (χ3v) is 5.65. The van der Waals surface area contributed by atoms with Crippen molar-refractivity contribution in [1.29, 1.82) is 0 Å². The van der Waals surface area contributed by atoms with Crippen LogP contribution in [-0.4, -0.2) is 29.3 Å². The van der Waals surface area contributed by atoms with Crippen LogP contribution >= 0.6 is 23.1 Å². The number of rotatable bonds is 8. The summed E-state index contributed by atoms with van der Waals surface area (Å²) in [5.74, 6) is 0.967. The molecule has 1 heterocycles. The fourth-order valence-electron chi connectivity index (χ4n) is 2.50. The summed E-state index contributed by atoms with van der Waals surface area (Å²) in [6.45, 7) is 2.00. The first-order valence-corrected chi connectivity index (χ1v) is 11.0. The highest BCUT2D eigenvalue weighted by Gasteiger charge is 2.17. The van der Waals surface area contributed by atoms with Crippen molar-refractivity contribution < 1.29 is 14.3 Å². The number of anilines is 2. The van der Waals surface area contributed by atoms with Crippen LogP contribution in [0.2, 0.25) is 0 Å². The predicted octanol–water partition coefficient (Wildman–Crippen LogP) is 5.25. The second kappa shape index (κ2) is 10.6.